The van der Waals surface area contributed by atoms with Crippen LogP contribution in [-0.4, -0.2) is 161 Å². The van der Waals surface area contributed by atoms with Gasteiger partial charge in [0.1, 0.15) is 18.1 Å². The molecule has 2 N–H and O–H groups in total. The minimum Gasteiger partial charge on any atom is -0.464 e. The van der Waals surface area contributed by atoms with Gasteiger partial charge >= 0.3 is 12.0 Å². The molecule has 0 radical (unpaired) electrons. The Bertz CT molecular complexity index is 2420. The van der Waals surface area contributed by atoms with Crippen LogP contribution in [0.25, 0.3) is 33.4 Å². The highest BCUT2D eigenvalue weighted by molar-refractivity contribution is 7.10. The lowest BCUT2D eigenvalue weighted by atomic mass is 9.84. The molecule has 6 bridgehead atoms. The number of pyridine rings is 1. The number of carbonyl (C=O) groups excluding carboxylic acids is 4. The number of hydrogen-bond acceptors (Lipinski definition) is 12. The number of rotatable bonds is 9. The molecule has 1 aromatic carbocycles. The number of likely N-dealkylation sites (tertiary alicyclic amines) is 1. The van der Waals surface area contributed by atoms with E-state index in [0.717, 1.165) is 70.9 Å². The summed E-state index contributed by atoms with van der Waals surface area (Å²) in [7, 11) is 5.50. The van der Waals surface area contributed by atoms with Crippen LogP contribution in [0.15, 0.2) is 41.9 Å². The number of fused-ring (bicyclic) bond motifs is 6. The molecule has 0 aliphatic carbocycles. The molecule has 0 spiro atoms. The van der Waals surface area contributed by atoms with Crippen molar-refractivity contribution in [1.29, 1.82) is 0 Å². The number of aryl methyl sites for hydroxylation is 1. The van der Waals surface area contributed by atoms with Gasteiger partial charge in [0.05, 0.1) is 34.8 Å². The fourth-order valence-electron chi connectivity index (χ4n) is 10.1. The standard InChI is InChI=1S/C49H68N10O6S/c1-10-58-40-16-15-32-23-35(40)36(44(58)34-13-11-17-50-42(34)31(4)64-9)25-49(5,6)29-65-47(62)37-14-12-18-59(53-37)46(61)38(24-41-51-39(32)28-66-41)52-45(60)43(30(2)3)55(8)48(63)57-26-33(27-57)56-21-19-54(7)20-22-56/h11,13,15-17,23,28,30-31,33,37-38,43,53H,10,12,14,18-22,24-27,29H2,1-9H3,(H,52,60)/t31-,37-,38-,43-/m0/s1. The van der Waals surface area contributed by atoms with Crippen LogP contribution < -0.4 is 10.7 Å². The molecule has 8 rings (SSSR count). The van der Waals surface area contributed by atoms with Gasteiger partial charge in [0, 0.05) is 118 Å². The van der Waals surface area contributed by atoms with E-state index in [0.29, 0.717) is 56.5 Å². The second-order valence-electron chi connectivity index (χ2n) is 19.8. The van der Waals surface area contributed by atoms with Gasteiger partial charge in [0.15, 0.2) is 0 Å². The number of amides is 4. The second kappa shape index (κ2) is 19.7. The summed E-state index contributed by atoms with van der Waals surface area (Å²) < 4.78 is 14.3. The van der Waals surface area contributed by atoms with Gasteiger partial charge in [-0.15, -0.1) is 11.3 Å². The lowest BCUT2D eigenvalue weighted by Gasteiger charge is -2.49. The zero-order chi connectivity index (χ0) is 47.0. The topological polar surface area (TPSA) is 158 Å². The monoisotopic (exact) mass is 925 g/mol. The summed E-state index contributed by atoms with van der Waals surface area (Å²) >= 11 is 1.44. The summed E-state index contributed by atoms with van der Waals surface area (Å²) in [5.41, 5.74) is 9.43. The molecule has 4 aliphatic rings. The fourth-order valence-corrected chi connectivity index (χ4v) is 11.0. The Morgan fingerprint density at radius 3 is 2.56 bits per heavy atom. The predicted molar refractivity (Wildman–Crippen MR) is 256 cm³/mol. The molecule has 17 heteroatoms. The van der Waals surface area contributed by atoms with Gasteiger partial charge in [-0.2, -0.15) is 0 Å². The predicted octanol–water partition coefficient (Wildman–Crippen LogP) is 5.21. The van der Waals surface area contributed by atoms with Gasteiger partial charge in [-0.25, -0.2) is 15.2 Å². The Kier molecular flexibility index (Phi) is 14.2. The first-order chi connectivity index (χ1) is 31.6. The first-order valence-electron chi connectivity index (χ1n) is 23.6. The number of cyclic esters (lactones) is 1. The molecule has 356 valence electrons. The lowest BCUT2D eigenvalue weighted by molar-refractivity contribution is -0.155. The van der Waals surface area contributed by atoms with Crippen LogP contribution in [0.5, 0.6) is 0 Å². The van der Waals surface area contributed by atoms with Crippen LogP contribution in [0.4, 0.5) is 4.79 Å². The molecule has 0 unspecified atom stereocenters. The highest BCUT2D eigenvalue weighted by Gasteiger charge is 2.42. The van der Waals surface area contributed by atoms with Gasteiger partial charge in [-0.1, -0.05) is 33.8 Å². The molecule has 4 amide bonds. The van der Waals surface area contributed by atoms with Gasteiger partial charge in [0.2, 0.25) is 5.91 Å². The van der Waals surface area contributed by atoms with Crippen molar-refractivity contribution >= 4 is 46.1 Å². The second-order valence-corrected chi connectivity index (χ2v) is 20.7. The molecule has 0 saturated carbocycles. The molecule has 3 aromatic heterocycles. The Morgan fingerprint density at radius 1 is 1.09 bits per heavy atom. The smallest absolute Gasteiger partial charge is 0.324 e. The number of piperazine rings is 1. The van der Waals surface area contributed by atoms with E-state index >= 15 is 0 Å². The molecule has 16 nitrogen and oxygen atoms in total. The Balaban J connectivity index is 1.12. The van der Waals surface area contributed by atoms with Crippen molar-refractivity contribution in [3.63, 3.8) is 0 Å². The van der Waals surface area contributed by atoms with E-state index in [4.69, 9.17) is 19.4 Å². The number of nitrogens with one attached hydrogen (secondary N) is 2. The molecule has 3 fully saturated rings. The fraction of sp³-hybridized carbons (Fsp3) is 0.592. The largest absolute Gasteiger partial charge is 0.464 e. The van der Waals surface area contributed by atoms with Crippen LogP contribution >= 0.6 is 11.3 Å². The molecule has 7 heterocycles. The van der Waals surface area contributed by atoms with Crippen molar-refractivity contribution in [1.82, 2.24) is 49.9 Å². The summed E-state index contributed by atoms with van der Waals surface area (Å²) in [6.45, 7) is 18.6. The van der Waals surface area contributed by atoms with Crippen LogP contribution in [0.1, 0.15) is 76.8 Å². The van der Waals surface area contributed by atoms with Crippen molar-refractivity contribution in [2.75, 3.05) is 73.6 Å². The molecule has 3 saturated heterocycles. The minimum absolute atomic E-state index is 0.114. The van der Waals surface area contributed by atoms with E-state index in [1.165, 1.54) is 21.2 Å². The number of ether oxygens (including phenoxy) is 2. The molecule has 66 heavy (non-hydrogen) atoms. The average molecular weight is 925 g/mol. The van der Waals surface area contributed by atoms with Crippen molar-refractivity contribution in [2.45, 2.75) is 104 Å². The maximum absolute atomic E-state index is 14.6. The highest BCUT2D eigenvalue weighted by Crippen LogP contribution is 2.42. The summed E-state index contributed by atoms with van der Waals surface area (Å²) in [5, 5.41) is 8.26. The first-order valence-corrected chi connectivity index (χ1v) is 24.5. The van der Waals surface area contributed by atoms with Gasteiger partial charge in [-0.05, 0) is 75.9 Å². The Labute approximate surface area is 392 Å². The van der Waals surface area contributed by atoms with Gasteiger partial charge < -0.3 is 34.1 Å². The van der Waals surface area contributed by atoms with E-state index in [1.54, 1.807) is 25.3 Å². The lowest BCUT2D eigenvalue weighted by Crippen LogP contribution is -2.67. The zero-order valence-electron chi connectivity index (χ0n) is 40.1. The van der Waals surface area contributed by atoms with Crippen LogP contribution in [0.3, 0.4) is 0 Å². The maximum atomic E-state index is 14.6. The number of hydrazine groups is 1. The summed E-state index contributed by atoms with van der Waals surface area (Å²) in [5.74, 6) is -1.49. The van der Waals surface area contributed by atoms with E-state index in [2.05, 4.69) is 77.2 Å². The van der Waals surface area contributed by atoms with E-state index in [1.807, 2.05) is 32.2 Å². The number of urea groups is 1. The van der Waals surface area contributed by atoms with E-state index in [-0.39, 0.29) is 37.0 Å². The van der Waals surface area contributed by atoms with E-state index < -0.39 is 35.4 Å². The zero-order valence-corrected chi connectivity index (χ0v) is 40.9. The molecule has 4 atom stereocenters. The normalized spacial score (nSPS) is 22.2. The number of esters is 1. The number of thiazole rings is 1. The number of likely N-dealkylation sites (N-methyl/N-ethyl adjacent to an activating group) is 2. The third-order valence-electron chi connectivity index (χ3n) is 14.0. The SMILES string of the molecule is CCn1c(-c2cccnc2[C@H](C)OC)c2c3cc(ccc31)-c1csc(n1)C[C@H](NC(=O)[C@H](C(C)C)N(C)C(=O)N1CC(N3CCN(C)CC3)C1)C(=O)N1CCC[C@H](N1)C(=O)OCC(C)(C)C2. The summed E-state index contributed by atoms with van der Waals surface area (Å²) in [4.78, 5) is 75.0. The third-order valence-corrected chi connectivity index (χ3v) is 14.8. The van der Waals surface area contributed by atoms with E-state index in [9.17, 15) is 19.2 Å². The molecular weight excluding hydrogens is 857 g/mol. The molecule has 4 aliphatic heterocycles. The van der Waals surface area contributed by atoms with Crippen LogP contribution in [0, 0.1) is 11.3 Å². The summed E-state index contributed by atoms with van der Waals surface area (Å²) in [6, 6.07) is 7.96. The maximum Gasteiger partial charge on any atom is 0.324 e. The first kappa shape index (κ1) is 47.5. The number of hydrogen-bond donors (Lipinski definition) is 2. The number of aromatic nitrogens is 3. The molecule has 4 aromatic rings. The van der Waals surface area contributed by atoms with Gasteiger partial charge in [-0.3, -0.25) is 29.3 Å². The van der Waals surface area contributed by atoms with Crippen LogP contribution in [-0.2, 0) is 43.2 Å². The van der Waals surface area contributed by atoms with Crippen molar-refractivity contribution in [3.8, 4) is 22.5 Å². The number of nitrogens with zero attached hydrogens (tertiary/aromatic N) is 8. The van der Waals surface area contributed by atoms with Crippen molar-refractivity contribution < 1.29 is 28.7 Å². The third kappa shape index (κ3) is 9.73. The van der Waals surface area contributed by atoms with Crippen LogP contribution in [0.2, 0.25) is 0 Å². The quantitative estimate of drug-likeness (QED) is 0.213. The van der Waals surface area contributed by atoms with Crippen molar-refractivity contribution in [3.05, 3.63) is 58.2 Å². The van der Waals surface area contributed by atoms with Crippen molar-refractivity contribution in [2.24, 2.45) is 11.3 Å². The van der Waals surface area contributed by atoms with Gasteiger partial charge in [0.25, 0.3) is 5.91 Å². The Hall–Kier alpha value is -4.94. The number of carbonyl (C=O) groups is 4. The highest BCUT2D eigenvalue weighted by atomic mass is 32.1. The molecular formula is C49H68N10O6S. The minimum atomic E-state index is -1.04. The summed E-state index contributed by atoms with van der Waals surface area (Å²) in [6.07, 6.45) is 3.31. The number of benzene rings is 1. The number of methoxy groups -OCH3 is 1. The Morgan fingerprint density at radius 2 is 1.85 bits per heavy atom. The average Bonchev–Trinajstić information content (AvgIpc) is 3.88.